The zero-order valence-corrected chi connectivity index (χ0v) is 15.6. The lowest BCUT2D eigenvalue weighted by molar-refractivity contribution is -0.277. The molecule has 4 rings (SSSR count). The summed E-state index contributed by atoms with van der Waals surface area (Å²) in [6, 6.07) is 11.8. The van der Waals surface area contributed by atoms with Gasteiger partial charge in [-0.05, 0) is 42.3 Å². The summed E-state index contributed by atoms with van der Waals surface area (Å²) in [4.78, 5) is 0. The number of aliphatic hydroxyl groups excluding tert-OH is 4. The molecule has 0 aliphatic carbocycles. The van der Waals surface area contributed by atoms with E-state index in [2.05, 4.69) is 11.4 Å². The molecule has 2 heterocycles. The molecule has 2 saturated heterocycles. The third kappa shape index (κ3) is 3.61. The third-order valence-corrected chi connectivity index (χ3v) is 5.73. The first kappa shape index (κ1) is 19.6. The van der Waals surface area contributed by atoms with Crippen molar-refractivity contribution in [2.75, 3.05) is 19.7 Å². The van der Waals surface area contributed by atoms with Gasteiger partial charge in [-0.3, -0.25) is 0 Å². The van der Waals surface area contributed by atoms with Crippen molar-refractivity contribution in [3.8, 4) is 5.75 Å². The average molecular weight is 389 g/mol. The van der Waals surface area contributed by atoms with Crippen LogP contribution in [0, 0.1) is 0 Å². The first-order chi connectivity index (χ1) is 13.6. The number of aliphatic hydroxyl groups is 4. The van der Waals surface area contributed by atoms with Gasteiger partial charge in [0.15, 0.2) is 0 Å². The second kappa shape index (κ2) is 8.32. The van der Waals surface area contributed by atoms with Crippen LogP contribution in [0.5, 0.6) is 5.75 Å². The summed E-state index contributed by atoms with van der Waals surface area (Å²) in [5.41, 5.74) is 1.17. The molecular formula is C21H27NO6. The molecule has 2 fully saturated rings. The van der Waals surface area contributed by atoms with E-state index in [1.165, 1.54) is 5.56 Å². The summed E-state index contributed by atoms with van der Waals surface area (Å²) in [6.45, 7) is 1.43. The Morgan fingerprint density at radius 1 is 1.04 bits per heavy atom. The number of hydrogen-bond donors (Lipinski definition) is 5. The van der Waals surface area contributed by atoms with Crippen molar-refractivity contribution < 1.29 is 29.9 Å². The summed E-state index contributed by atoms with van der Waals surface area (Å²) in [7, 11) is 0. The molecule has 5 N–H and O–H groups in total. The number of benzene rings is 2. The zero-order chi connectivity index (χ0) is 19.7. The van der Waals surface area contributed by atoms with Gasteiger partial charge in [0.05, 0.1) is 6.61 Å². The molecule has 2 aliphatic rings. The minimum Gasteiger partial charge on any atom is -0.461 e. The zero-order valence-electron chi connectivity index (χ0n) is 15.6. The van der Waals surface area contributed by atoms with Gasteiger partial charge in [-0.1, -0.05) is 30.3 Å². The van der Waals surface area contributed by atoms with Crippen LogP contribution < -0.4 is 10.1 Å². The van der Waals surface area contributed by atoms with Gasteiger partial charge >= 0.3 is 0 Å². The van der Waals surface area contributed by atoms with Gasteiger partial charge in [0.1, 0.15) is 30.2 Å². The summed E-state index contributed by atoms with van der Waals surface area (Å²) >= 11 is 0. The van der Waals surface area contributed by atoms with Crippen molar-refractivity contribution in [1.82, 2.24) is 5.32 Å². The van der Waals surface area contributed by atoms with E-state index in [1.54, 1.807) is 0 Å². The third-order valence-electron chi connectivity index (χ3n) is 5.73. The van der Waals surface area contributed by atoms with Crippen molar-refractivity contribution in [1.29, 1.82) is 0 Å². The molecule has 2 aromatic rings. The van der Waals surface area contributed by atoms with Crippen LogP contribution in [-0.2, 0) is 4.74 Å². The molecule has 2 aromatic carbocycles. The van der Waals surface area contributed by atoms with E-state index in [-0.39, 0.29) is 0 Å². The van der Waals surface area contributed by atoms with Gasteiger partial charge in [-0.2, -0.15) is 0 Å². The summed E-state index contributed by atoms with van der Waals surface area (Å²) < 4.78 is 11.5. The number of nitrogens with one attached hydrogen (secondary N) is 1. The van der Waals surface area contributed by atoms with Crippen LogP contribution >= 0.6 is 0 Å². The highest BCUT2D eigenvalue weighted by Crippen LogP contribution is 2.37. The quantitative estimate of drug-likeness (QED) is 0.517. The van der Waals surface area contributed by atoms with Crippen molar-refractivity contribution in [2.45, 2.75) is 49.5 Å². The number of rotatable bonds is 4. The molecular weight excluding hydrogens is 362 g/mol. The molecule has 0 bridgehead atoms. The van der Waals surface area contributed by atoms with Gasteiger partial charge in [-0.25, -0.2) is 0 Å². The van der Waals surface area contributed by atoms with Gasteiger partial charge in [-0.15, -0.1) is 0 Å². The van der Waals surface area contributed by atoms with Crippen LogP contribution in [0.4, 0.5) is 0 Å². The SMILES string of the molecule is OC[C@H]1O[C@@H](Oc2cccc3cccc([C@@H]4CCCNC4)c23)[C@H](O)[C@H](O)[C@@H]1O. The molecule has 6 atom stereocenters. The molecule has 0 amide bonds. The predicted octanol–water partition coefficient (Wildman–Crippen LogP) is 0.485. The molecule has 0 unspecified atom stereocenters. The summed E-state index contributed by atoms with van der Waals surface area (Å²) in [5.74, 6) is 0.903. The maximum absolute atomic E-state index is 10.3. The van der Waals surface area contributed by atoms with E-state index in [0.29, 0.717) is 11.7 Å². The lowest BCUT2D eigenvalue weighted by Gasteiger charge is -2.39. The fraction of sp³-hybridized carbons (Fsp3) is 0.524. The van der Waals surface area contributed by atoms with Gasteiger partial charge in [0.2, 0.25) is 6.29 Å². The molecule has 0 radical (unpaired) electrons. The molecule has 2 aliphatic heterocycles. The molecule has 7 heteroatoms. The van der Waals surface area contributed by atoms with Crippen LogP contribution in [0.1, 0.15) is 24.3 Å². The Morgan fingerprint density at radius 2 is 1.82 bits per heavy atom. The number of fused-ring (bicyclic) bond motifs is 1. The van der Waals surface area contributed by atoms with E-state index in [4.69, 9.17) is 9.47 Å². The Balaban J connectivity index is 1.68. The Hall–Kier alpha value is -1.74. The fourth-order valence-corrected chi connectivity index (χ4v) is 4.18. The van der Waals surface area contributed by atoms with E-state index in [1.807, 2.05) is 30.3 Å². The predicted molar refractivity (Wildman–Crippen MR) is 103 cm³/mol. The monoisotopic (exact) mass is 389 g/mol. The van der Waals surface area contributed by atoms with Crippen LogP contribution in [0.3, 0.4) is 0 Å². The van der Waals surface area contributed by atoms with E-state index in [9.17, 15) is 20.4 Å². The molecule has 28 heavy (non-hydrogen) atoms. The molecule has 0 aromatic heterocycles. The van der Waals surface area contributed by atoms with E-state index < -0.39 is 37.3 Å². The van der Waals surface area contributed by atoms with Gasteiger partial charge in [0.25, 0.3) is 0 Å². The van der Waals surface area contributed by atoms with Crippen molar-refractivity contribution in [3.63, 3.8) is 0 Å². The first-order valence-electron chi connectivity index (χ1n) is 9.79. The van der Waals surface area contributed by atoms with Gasteiger partial charge in [0, 0.05) is 11.9 Å². The average Bonchev–Trinajstić information content (AvgIpc) is 2.74. The van der Waals surface area contributed by atoms with Crippen LogP contribution in [0.2, 0.25) is 0 Å². The summed E-state index contributed by atoms with van der Waals surface area (Å²) in [5, 5.41) is 45.1. The molecule has 0 spiro atoms. The second-order valence-electron chi connectivity index (χ2n) is 7.56. The number of ether oxygens (including phenoxy) is 2. The largest absolute Gasteiger partial charge is 0.461 e. The second-order valence-corrected chi connectivity index (χ2v) is 7.56. The van der Waals surface area contributed by atoms with Crippen LogP contribution in [0.25, 0.3) is 10.8 Å². The Bertz CT molecular complexity index is 801. The lowest BCUT2D eigenvalue weighted by atomic mass is 9.88. The Morgan fingerprint density at radius 3 is 2.54 bits per heavy atom. The number of hydrogen-bond acceptors (Lipinski definition) is 7. The van der Waals surface area contributed by atoms with Crippen molar-refractivity contribution in [2.24, 2.45) is 0 Å². The lowest BCUT2D eigenvalue weighted by Crippen LogP contribution is -2.60. The molecule has 0 saturated carbocycles. The minimum absolute atomic E-state index is 0.358. The molecule has 7 nitrogen and oxygen atoms in total. The van der Waals surface area contributed by atoms with Crippen LogP contribution in [0.15, 0.2) is 36.4 Å². The highest BCUT2D eigenvalue weighted by atomic mass is 16.7. The Kier molecular flexibility index (Phi) is 5.82. The maximum atomic E-state index is 10.3. The fourth-order valence-electron chi connectivity index (χ4n) is 4.18. The normalized spacial score (nSPS) is 33.7. The topological polar surface area (TPSA) is 111 Å². The van der Waals surface area contributed by atoms with Crippen molar-refractivity contribution >= 4 is 10.8 Å². The minimum atomic E-state index is -1.46. The number of piperidine rings is 1. The van der Waals surface area contributed by atoms with Crippen molar-refractivity contribution in [3.05, 3.63) is 42.0 Å². The standard InChI is InChI=1S/C21H27NO6/c23-11-16-18(24)19(25)20(26)21(28-16)27-15-8-2-5-12-4-1-7-14(17(12)15)13-6-3-9-22-10-13/h1-2,4-5,7-8,13,16,18-26H,3,6,9-11H2/t13-,16-,18-,19-,20-,21-/m1/s1. The highest BCUT2D eigenvalue weighted by Gasteiger charge is 2.44. The van der Waals surface area contributed by atoms with Crippen LogP contribution in [-0.4, -0.2) is 70.8 Å². The Labute approximate surface area is 163 Å². The summed E-state index contributed by atoms with van der Waals surface area (Å²) in [6.07, 6.45) is -4.31. The van der Waals surface area contributed by atoms with Gasteiger partial charge < -0.3 is 35.2 Å². The first-order valence-corrected chi connectivity index (χ1v) is 9.79. The maximum Gasteiger partial charge on any atom is 0.229 e. The van der Waals surface area contributed by atoms with E-state index >= 15 is 0 Å². The highest BCUT2D eigenvalue weighted by molar-refractivity contribution is 5.91. The van der Waals surface area contributed by atoms with E-state index in [0.717, 1.165) is 36.7 Å². The molecule has 152 valence electrons. The smallest absolute Gasteiger partial charge is 0.229 e.